The number of benzene rings is 1. The van der Waals surface area contributed by atoms with Gasteiger partial charge >= 0.3 is 0 Å². The first kappa shape index (κ1) is 22.8. The molecule has 0 unspecified atom stereocenters. The van der Waals surface area contributed by atoms with Crippen LogP contribution in [0.15, 0.2) is 33.7 Å². The molecule has 1 heterocycles. The van der Waals surface area contributed by atoms with Gasteiger partial charge in [0.25, 0.3) is 5.56 Å². The van der Waals surface area contributed by atoms with Gasteiger partial charge in [0.1, 0.15) is 18.3 Å². The zero-order valence-corrected chi connectivity index (χ0v) is 18.6. The Morgan fingerprint density at radius 2 is 2.00 bits per heavy atom. The average Bonchev–Trinajstić information content (AvgIpc) is 3.46. The first-order valence-corrected chi connectivity index (χ1v) is 12.0. The highest BCUT2D eigenvalue weighted by Gasteiger charge is 2.25. The number of Topliss-reactive ketones (excluding diaryl/α,β-unsaturated/α-hetero) is 1. The van der Waals surface area contributed by atoms with Crippen LogP contribution in [0.1, 0.15) is 34.3 Å². The Hall–Kier alpha value is -1.91. The molecule has 1 aliphatic carbocycles. The van der Waals surface area contributed by atoms with Crippen molar-refractivity contribution in [1.82, 2.24) is 4.57 Å². The number of carbonyl (C=O) groups is 1. The molecule has 2 aromatic rings. The van der Waals surface area contributed by atoms with Gasteiger partial charge in [-0.15, -0.1) is 0 Å². The van der Waals surface area contributed by atoms with E-state index in [4.69, 9.17) is 4.74 Å². The van der Waals surface area contributed by atoms with Crippen molar-refractivity contribution >= 4 is 31.6 Å². The molecular formula is C20H20BrF2NO5S. The molecule has 30 heavy (non-hydrogen) atoms. The summed E-state index contributed by atoms with van der Waals surface area (Å²) in [5.41, 5.74) is -1.59. The van der Waals surface area contributed by atoms with Crippen LogP contribution in [-0.2, 0) is 26.9 Å². The van der Waals surface area contributed by atoms with Gasteiger partial charge in [0.2, 0.25) is 0 Å². The number of halogens is 3. The van der Waals surface area contributed by atoms with E-state index in [9.17, 15) is 26.8 Å². The second kappa shape index (κ2) is 9.07. The zero-order valence-electron chi connectivity index (χ0n) is 16.2. The standard InChI is InChI=1S/C20H20BrF2NO5S/c1-30(27,28)11-24-8-16(18(25)10-29-9-12-2-3-12)15(19(23)20(24)26)6-13-4-5-14(21)7-17(13)22/h4-5,7-8,12H,2-3,6,9-11H2,1H3. The second-order valence-electron chi connectivity index (χ2n) is 7.46. The number of pyridine rings is 1. The number of ketones is 1. The summed E-state index contributed by atoms with van der Waals surface area (Å²) in [5.74, 6) is -2.89. The van der Waals surface area contributed by atoms with E-state index in [1.165, 1.54) is 12.1 Å². The van der Waals surface area contributed by atoms with Crippen LogP contribution in [0.5, 0.6) is 0 Å². The van der Waals surface area contributed by atoms with Crippen LogP contribution in [0.25, 0.3) is 0 Å². The third kappa shape index (κ3) is 5.83. The molecule has 0 bridgehead atoms. The van der Waals surface area contributed by atoms with Gasteiger partial charge in [-0.1, -0.05) is 22.0 Å². The predicted octanol–water partition coefficient (Wildman–Crippen LogP) is 3.09. The minimum Gasteiger partial charge on any atom is -0.373 e. The lowest BCUT2D eigenvalue weighted by molar-refractivity contribution is 0.0737. The van der Waals surface area contributed by atoms with E-state index in [0.29, 0.717) is 21.6 Å². The summed E-state index contributed by atoms with van der Waals surface area (Å²) in [7, 11) is -3.67. The fourth-order valence-electron chi connectivity index (χ4n) is 2.96. The van der Waals surface area contributed by atoms with Crippen molar-refractivity contribution in [2.45, 2.75) is 25.1 Å². The van der Waals surface area contributed by atoms with Crippen molar-refractivity contribution < 1.29 is 26.7 Å². The Kier molecular flexibility index (Phi) is 6.88. The molecule has 1 saturated carbocycles. The minimum absolute atomic E-state index is 0.0883. The SMILES string of the molecule is CS(=O)(=O)Cn1cc(C(=O)COCC2CC2)c(Cc2ccc(Br)cc2F)c(F)c1=O. The monoisotopic (exact) mass is 503 g/mol. The van der Waals surface area contributed by atoms with Crippen LogP contribution in [0.4, 0.5) is 8.78 Å². The Morgan fingerprint density at radius 1 is 1.30 bits per heavy atom. The number of hydrogen-bond donors (Lipinski definition) is 0. The summed E-state index contributed by atoms with van der Waals surface area (Å²) in [4.78, 5) is 25.1. The van der Waals surface area contributed by atoms with Crippen LogP contribution < -0.4 is 5.56 Å². The summed E-state index contributed by atoms with van der Waals surface area (Å²) >= 11 is 3.13. The average molecular weight is 504 g/mol. The van der Waals surface area contributed by atoms with E-state index in [2.05, 4.69) is 15.9 Å². The molecule has 0 aliphatic heterocycles. The summed E-state index contributed by atoms with van der Waals surface area (Å²) in [6.07, 6.45) is 3.61. The van der Waals surface area contributed by atoms with Crippen molar-refractivity contribution in [3.8, 4) is 0 Å². The van der Waals surface area contributed by atoms with Gasteiger partial charge < -0.3 is 4.74 Å². The molecule has 10 heteroatoms. The molecule has 0 saturated heterocycles. The van der Waals surface area contributed by atoms with Gasteiger partial charge in [0.15, 0.2) is 21.4 Å². The highest BCUT2D eigenvalue weighted by Crippen LogP contribution is 2.29. The molecule has 162 valence electrons. The van der Waals surface area contributed by atoms with Crippen LogP contribution in [0.3, 0.4) is 0 Å². The molecule has 1 aromatic heterocycles. The number of rotatable bonds is 9. The van der Waals surface area contributed by atoms with Crippen LogP contribution in [0, 0.1) is 17.6 Å². The van der Waals surface area contributed by atoms with E-state index in [-0.39, 0.29) is 29.7 Å². The Morgan fingerprint density at radius 3 is 2.60 bits per heavy atom. The molecule has 1 fully saturated rings. The molecule has 0 amide bonds. The molecule has 0 N–H and O–H groups in total. The van der Waals surface area contributed by atoms with Gasteiger partial charge in [-0.05, 0) is 36.5 Å². The maximum Gasteiger partial charge on any atom is 0.287 e. The molecular weight excluding hydrogens is 484 g/mol. The second-order valence-corrected chi connectivity index (χ2v) is 10.5. The van der Waals surface area contributed by atoms with Crippen molar-refractivity contribution in [2.75, 3.05) is 19.5 Å². The summed E-state index contributed by atoms with van der Waals surface area (Å²) in [6.45, 7) is 0.0523. The minimum atomic E-state index is -3.67. The predicted molar refractivity (Wildman–Crippen MR) is 110 cm³/mol. The summed E-state index contributed by atoms with van der Waals surface area (Å²) in [6, 6.07) is 4.17. The van der Waals surface area contributed by atoms with E-state index in [1.54, 1.807) is 6.07 Å². The molecule has 3 rings (SSSR count). The third-order valence-electron chi connectivity index (χ3n) is 4.66. The van der Waals surface area contributed by atoms with E-state index >= 15 is 0 Å². The number of aromatic nitrogens is 1. The molecule has 1 aliphatic rings. The van der Waals surface area contributed by atoms with E-state index < -0.39 is 38.7 Å². The highest BCUT2D eigenvalue weighted by molar-refractivity contribution is 9.10. The van der Waals surface area contributed by atoms with Crippen molar-refractivity contribution in [2.24, 2.45) is 5.92 Å². The smallest absolute Gasteiger partial charge is 0.287 e. The van der Waals surface area contributed by atoms with Gasteiger partial charge in [-0.25, -0.2) is 17.2 Å². The van der Waals surface area contributed by atoms with Crippen LogP contribution >= 0.6 is 15.9 Å². The molecule has 0 radical (unpaired) electrons. The fraction of sp³-hybridized carbons (Fsp3) is 0.400. The normalized spacial score (nSPS) is 14.1. The number of nitrogens with zero attached hydrogens (tertiary/aromatic N) is 1. The van der Waals surface area contributed by atoms with E-state index in [0.717, 1.165) is 25.3 Å². The Labute approximate surface area is 180 Å². The van der Waals surface area contributed by atoms with Crippen LogP contribution in [0.2, 0.25) is 0 Å². The third-order valence-corrected chi connectivity index (χ3v) is 5.90. The number of ether oxygens (including phenoxy) is 1. The van der Waals surface area contributed by atoms with Crippen LogP contribution in [-0.4, -0.2) is 38.2 Å². The number of carbonyl (C=O) groups excluding carboxylic acids is 1. The Balaban J connectivity index is 2.01. The lowest BCUT2D eigenvalue weighted by atomic mass is 9.98. The maximum atomic E-state index is 15.0. The van der Waals surface area contributed by atoms with Crippen molar-refractivity contribution in [1.29, 1.82) is 0 Å². The van der Waals surface area contributed by atoms with Gasteiger partial charge in [0.05, 0.1) is 6.61 Å². The number of hydrogen-bond acceptors (Lipinski definition) is 5. The van der Waals surface area contributed by atoms with Crippen molar-refractivity contribution in [3.05, 3.63) is 67.5 Å². The summed E-state index contributed by atoms with van der Waals surface area (Å²) in [5, 5.41) is 0. The quantitative estimate of drug-likeness (QED) is 0.491. The van der Waals surface area contributed by atoms with Gasteiger partial charge in [-0.2, -0.15) is 0 Å². The van der Waals surface area contributed by atoms with Gasteiger partial charge in [0, 0.05) is 34.5 Å². The topological polar surface area (TPSA) is 82.4 Å². The summed E-state index contributed by atoms with van der Waals surface area (Å²) < 4.78 is 58.9. The fourth-order valence-corrected chi connectivity index (χ4v) is 3.99. The van der Waals surface area contributed by atoms with Crippen molar-refractivity contribution in [3.63, 3.8) is 0 Å². The zero-order chi connectivity index (χ0) is 22.1. The number of sulfone groups is 1. The lowest BCUT2D eigenvalue weighted by Crippen LogP contribution is -2.30. The maximum absolute atomic E-state index is 15.0. The van der Waals surface area contributed by atoms with Gasteiger partial charge in [-0.3, -0.25) is 14.2 Å². The Bertz CT molecular complexity index is 1140. The largest absolute Gasteiger partial charge is 0.373 e. The molecule has 0 atom stereocenters. The first-order chi connectivity index (χ1) is 14.0. The first-order valence-electron chi connectivity index (χ1n) is 9.19. The lowest BCUT2D eigenvalue weighted by Gasteiger charge is -2.14. The molecule has 0 spiro atoms. The molecule has 6 nitrogen and oxygen atoms in total. The highest BCUT2D eigenvalue weighted by atomic mass is 79.9. The molecule has 1 aromatic carbocycles. The van der Waals surface area contributed by atoms with E-state index in [1.807, 2.05) is 0 Å².